The van der Waals surface area contributed by atoms with E-state index in [1.54, 1.807) is 24.3 Å². The van der Waals surface area contributed by atoms with E-state index >= 15 is 0 Å². The van der Waals surface area contributed by atoms with Crippen molar-refractivity contribution in [2.24, 2.45) is 0 Å². The number of amides is 1. The van der Waals surface area contributed by atoms with E-state index in [1.807, 2.05) is 0 Å². The van der Waals surface area contributed by atoms with Crippen LogP contribution < -0.4 is 0 Å². The number of thioether (sulfide) groups is 1. The molecule has 25 heavy (non-hydrogen) atoms. The molecule has 0 bridgehead atoms. The maximum atomic E-state index is 13.0. The molecule has 0 saturated carbocycles. The van der Waals surface area contributed by atoms with Gasteiger partial charge in [0, 0.05) is 11.6 Å². The number of rotatable bonds is 4. The maximum absolute atomic E-state index is 13.0. The second-order valence-electron chi connectivity index (χ2n) is 5.27. The minimum atomic E-state index is -1.13. The smallest absolute Gasteiger partial charge is 0.326 e. The Balaban J connectivity index is 1.84. The molecular formula is C17H12FNO4S2. The molecule has 1 aliphatic heterocycles. The van der Waals surface area contributed by atoms with E-state index in [2.05, 4.69) is 0 Å². The quantitative estimate of drug-likeness (QED) is 0.646. The van der Waals surface area contributed by atoms with Gasteiger partial charge in [0.25, 0.3) is 5.91 Å². The van der Waals surface area contributed by atoms with E-state index < -0.39 is 17.9 Å². The van der Waals surface area contributed by atoms with Gasteiger partial charge >= 0.3 is 5.97 Å². The molecule has 1 unspecified atom stereocenters. The molecule has 5 nitrogen and oxygen atoms in total. The minimum Gasteiger partial charge on any atom is -0.480 e. The Morgan fingerprint density at radius 1 is 1.32 bits per heavy atom. The number of halogens is 1. The van der Waals surface area contributed by atoms with Crippen LogP contribution in [0.25, 0.3) is 17.4 Å². The number of furan rings is 1. The molecule has 1 saturated heterocycles. The van der Waals surface area contributed by atoms with Crippen molar-refractivity contribution in [1.82, 2.24) is 4.90 Å². The molecule has 0 spiro atoms. The van der Waals surface area contributed by atoms with Gasteiger partial charge in [-0.15, -0.1) is 0 Å². The zero-order chi connectivity index (χ0) is 18.1. The van der Waals surface area contributed by atoms with Crippen LogP contribution in [0.2, 0.25) is 0 Å². The molecular weight excluding hydrogens is 365 g/mol. The number of hydrogen-bond acceptors (Lipinski definition) is 5. The van der Waals surface area contributed by atoms with Crippen LogP contribution >= 0.6 is 24.0 Å². The lowest BCUT2D eigenvalue weighted by Crippen LogP contribution is -2.41. The third kappa shape index (κ3) is 3.49. The summed E-state index contributed by atoms with van der Waals surface area (Å²) in [6.07, 6.45) is 1.51. The van der Waals surface area contributed by atoms with Crippen LogP contribution in [-0.4, -0.2) is 32.2 Å². The monoisotopic (exact) mass is 377 g/mol. The van der Waals surface area contributed by atoms with Crippen LogP contribution in [0.1, 0.15) is 12.7 Å². The van der Waals surface area contributed by atoms with Crippen molar-refractivity contribution in [1.29, 1.82) is 0 Å². The summed E-state index contributed by atoms with van der Waals surface area (Å²) >= 11 is 6.12. The van der Waals surface area contributed by atoms with Crippen molar-refractivity contribution in [3.8, 4) is 11.3 Å². The molecule has 128 valence electrons. The summed E-state index contributed by atoms with van der Waals surface area (Å²) in [4.78, 5) is 24.8. The second-order valence-corrected chi connectivity index (χ2v) is 6.95. The predicted octanol–water partition coefficient (Wildman–Crippen LogP) is 3.76. The van der Waals surface area contributed by atoms with Gasteiger partial charge in [0.15, 0.2) is 0 Å². The largest absolute Gasteiger partial charge is 0.480 e. The summed E-state index contributed by atoms with van der Waals surface area (Å²) in [6, 6.07) is 8.18. The minimum absolute atomic E-state index is 0.191. The number of carboxylic acid groups (broad SMARTS) is 1. The fourth-order valence-corrected chi connectivity index (χ4v) is 3.65. The number of carbonyl (C=O) groups is 2. The topological polar surface area (TPSA) is 70.8 Å². The fraction of sp³-hybridized carbons (Fsp3) is 0.118. The molecule has 1 fully saturated rings. The first kappa shape index (κ1) is 17.4. The highest BCUT2D eigenvalue weighted by molar-refractivity contribution is 8.26. The number of benzene rings is 1. The average molecular weight is 377 g/mol. The SMILES string of the molecule is CC(C(=O)O)N1C(=O)/C(=C\c2ccc(-c3ccc(F)cc3)o2)SC1=S. The van der Waals surface area contributed by atoms with E-state index in [9.17, 15) is 14.0 Å². The van der Waals surface area contributed by atoms with Crippen molar-refractivity contribution < 1.29 is 23.5 Å². The van der Waals surface area contributed by atoms with Gasteiger partial charge in [0.2, 0.25) is 0 Å². The lowest BCUT2D eigenvalue weighted by Gasteiger charge is -2.18. The Bertz CT molecular complexity index is 888. The van der Waals surface area contributed by atoms with E-state index in [-0.39, 0.29) is 15.0 Å². The van der Waals surface area contributed by atoms with E-state index in [1.165, 1.54) is 25.1 Å². The van der Waals surface area contributed by atoms with Gasteiger partial charge in [-0.2, -0.15) is 0 Å². The summed E-state index contributed by atoms with van der Waals surface area (Å²) in [5.74, 6) is -0.992. The highest BCUT2D eigenvalue weighted by atomic mass is 32.2. The molecule has 1 atom stereocenters. The third-order valence-corrected chi connectivity index (χ3v) is 4.93. The Kier molecular flexibility index (Phi) is 4.73. The zero-order valence-corrected chi connectivity index (χ0v) is 14.6. The third-order valence-electron chi connectivity index (χ3n) is 3.60. The van der Waals surface area contributed by atoms with Crippen LogP contribution in [0.5, 0.6) is 0 Å². The summed E-state index contributed by atoms with van der Waals surface area (Å²) in [5.41, 5.74) is 0.702. The standard InChI is InChI=1S/C17H12FNO4S2/c1-9(16(21)22)19-15(20)14(25-17(19)24)8-12-6-7-13(23-12)10-2-4-11(18)5-3-10/h2-9H,1H3,(H,21,22)/b14-8+. The average Bonchev–Trinajstić information content (AvgIpc) is 3.13. The number of carbonyl (C=O) groups excluding carboxylic acids is 1. The highest BCUT2D eigenvalue weighted by Crippen LogP contribution is 2.34. The summed E-state index contributed by atoms with van der Waals surface area (Å²) in [7, 11) is 0. The van der Waals surface area contributed by atoms with Gasteiger partial charge in [-0.05, 0) is 43.3 Å². The first-order valence-electron chi connectivity index (χ1n) is 7.22. The zero-order valence-electron chi connectivity index (χ0n) is 12.9. The van der Waals surface area contributed by atoms with Crippen molar-refractivity contribution in [2.45, 2.75) is 13.0 Å². The van der Waals surface area contributed by atoms with Crippen LogP contribution in [0.15, 0.2) is 45.7 Å². The van der Waals surface area contributed by atoms with Crippen LogP contribution in [0, 0.1) is 5.82 Å². The molecule has 2 heterocycles. The molecule has 0 aliphatic carbocycles. The van der Waals surface area contributed by atoms with Crippen molar-refractivity contribution in [2.75, 3.05) is 0 Å². The number of hydrogen-bond donors (Lipinski definition) is 1. The Labute approximate surface area is 152 Å². The van der Waals surface area contributed by atoms with Crippen molar-refractivity contribution in [3.05, 3.63) is 52.9 Å². The number of thiocarbonyl (C=S) groups is 1. The van der Waals surface area contributed by atoms with Gasteiger partial charge in [-0.25, -0.2) is 9.18 Å². The predicted molar refractivity (Wildman–Crippen MR) is 96.2 cm³/mol. The van der Waals surface area contributed by atoms with Crippen molar-refractivity contribution >= 4 is 46.3 Å². The van der Waals surface area contributed by atoms with Gasteiger partial charge in [-0.3, -0.25) is 9.69 Å². The van der Waals surface area contributed by atoms with E-state index in [0.717, 1.165) is 16.7 Å². The van der Waals surface area contributed by atoms with Crippen molar-refractivity contribution in [3.63, 3.8) is 0 Å². The van der Waals surface area contributed by atoms with Crippen LogP contribution in [0.4, 0.5) is 4.39 Å². The number of carboxylic acids is 1. The van der Waals surface area contributed by atoms with Gasteiger partial charge in [-0.1, -0.05) is 24.0 Å². The summed E-state index contributed by atoms with van der Waals surface area (Å²) < 4.78 is 18.8. The summed E-state index contributed by atoms with van der Waals surface area (Å²) in [6.45, 7) is 1.40. The molecule has 1 N–H and O–H groups in total. The Morgan fingerprint density at radius 2 is 2.00 bits per heavy atom. The number of aliphatic carboxylic acids is 1. The molecule has 3 rings (SSSR count). The van der Waals surface area contributed by atoms with E-state index in [0.29, 0.717) is 17.1 Å². The molecule has 1 aromatic carbocycles. The molecule has 0 radical (unpaired) electrons. The Morgan fingerprint density at radius 3 is 2.64 bits per heavy atom. The fourth-order valence-electron chi connectivity index (χ4n) is 2.25. The molecule has 1 aromatic heterocycles. The van der Waals surface area contributed by atoms with Gasteiger partial charge in [0.05, 0.1) is 4.91 Å². The van der Waals surface area contributed by atoms with Crippen LogP contribution in [-0.2, 0) is 9.59 Å². The Hall–Kier alpha value is -2.45. The van der Waals surface area contributed by atoms with Crippen LogP contribution in [0.3, 0.4) is 0 Å². The lowest BCUT2D eigenvalue weighted by atomic mass is 10.2. The summed E-state index contributed by atoms with van der Waals surface area (Å²) in [5, 5.41) is 9.08. The maximum Gasteiger partial charge on any atom is 0.326 e. The molecule has 1 amide bonds. The highest BCUT2D eigenvalue weighted by Gasteiger charge is 2.38. The number of nitrogens with zero attached hydrogens (tertiary/aromatic N) is 1. The van der Waals surface area contributed by atoms with Gasteiger partial charge in [0.1, 0.15) is 27.7 Å². The van der Waals surface area contributed by atoms with Gasteiger partial charge < -0.3 is 9.52 Å². The second kappa shape index (κ2) is 6.81. The normalized spacial score (nSPS) is 17.4. The molecule has 8 heteroatoms. The lowest BCUT2D eigenvalue weighted by molar-refractivity contribution is -0.144. The molecule has 1 aliphatic rings. The van der Waals surface area contributed by atoms with E-state index in [4.69, 9.17) is 21.7 Å². The molecule has 2 aromatic rings. The first-order valence-corrected chi connectivity index (χ1v) is 8.45. The first-order chi connectivity index (χ1) is 11.9.